The van der Waals surface area contributed by atoms with Crippen LogP contribution >= 0.6 is 0 Å². The topological polar surface area (TPSA) is 85.8 Å². The molecule has 33 heavy (non-hydrogen) atoms. The summed E-state index contributed by atoms with van der Waals surface area (Å²) in [5, 5.41) is 7.34. The van der Waals surface area contributed by atoms with E-state index < -0.39 is 0 Å². The van der Waals surface area contributed by atoms with Crippen molar-refractivity contribution in [3.8, 4) is 0 Å². The molecule has 0 saturated heterocycles. The molecule has 0 spiro atoms. The number of nitrogens with two attached hydrogens (primary N) is 1. The fourth-order valence-electron chi connectivity index (χ4n) is 3.81. The summed E-state index contributed by atoms with van der Waals surface area (Å²) in [4.78, 5) is 17.0. The predicted octanol–water partition coefficient (Wildman–Crippen LogP) is 3.92. The number of hydrogen-bond acceptors (Lipinski definition) is 4. The Bertz CT molecular complexity index is 1240. The molecule has 0 fully saturated rings. The molecular formula is C27H29N5O. The average Bonchev–Trinajstić information content (AvgIpc) is 3.24. The van der Waals surface area contributed by atoms with Crippen LogP contribution in [-0.2, 0) is 26.1 Å². The Kier molecular flexibility index (Phi) is 6.95. The van der Waals surface area contributed by atoms with Gasteiger partial charge in [-0.15, -0.1) is 0 Å². The van der Waals surface area contributed by atoms with Crippen molar-refractivity contribution in [1.29, 1.82) is 0 Å². The lowest BCUT2D eigenvalue weighted by Crippen LogP contribution is -2.23. The highest BCUT2D eigenvalue weighted by molar-refractivity contribution is 5.94. The van der Waals surface area contributed by atoms with Gasteiger partial charge in [-0.25, -0.2) is 0 Å². The normalized spacial score (nSPS) is 10.9. The lowest BCUT2D eigenvalue weighted by atomic mass is 10.0. The molecule has 0 bridgehead atoms. The van der Waals surface area contributed by atoms with Crippen LogP contribution in [0.3, 0.4) is 0 Å². The SMILES string of the molecule is Cc1cnn(Cc2ccc(Cc3cncc(C(=O)NCc4ccc(CN)cc4C)c3)cc2)c1. The Morgan fingerprint density at radius 3 is 2.39 bits per heavy atom. The summed E-state index contributed by atoms with van der Waals surface area (Å²) < 4.78 is 1.93. The van der Waals surface area contributed by atoms with Gasteiger partial charge in [-0.3, -0.25) is 14.5 Å². The summed E-state index contributed by atoms with van der Waals surface area (Å²) in [6, 6.07) is 16.5. The van der Waals surface area contributed by atoms with Crippen molar-refractivity contribution in [3.05, 3.63) is 118 Å². The first kappa shape index (κ1) is 22.4. The first-order valence-corrected chi connectivity index (χ1v) is 11.1. The number of pyridine rings is 1. The smallest absolute Gasteiger partial charge is 0.253 e. The summed E-state index contributed by atoms with van der Waals surface area (Å²) in [5.74, 6) is -0.128. The molecule has 0 atom stereocenters. The molecule has 0 aliphatic heterocycles. The molecule has 0 saturated carbocycles. The minimum absolute atomic E-state index is 0.128. The molecule has 2 aromatic heterocycles. The zero-order valence-electron chi connectivity index (χ0n) is 19.1. The number of aromatic nitrogens is 3. The molecule has 2 aromatic carbocycles. The van der Waals surface area contributed by atoms with Crippen molar-refractivity contribution in [2.45, 2.75) is 39.9 Å². The van der Waals surface area contributed by atoms with Crippen LogP contribution in [0.15, 0.2) is 73.3 Å². The number of nitrogens with one attached hydrogen (secondary N) is 1. The maximum Gasteiger partial charge on any atom is 0.253 e. The standard InChI is InChI=1S/C27H29N5O/c1-19-13-31-32(17-19)18-22-5-3-21(4-6-22)10-24-11-26(15-29-14-24)27(33)30-16-25-8-7-23(12-28)9-20(25)2/h3-9,11,13-15,17H,10,12,16,18,28H2,1-2H3,(H,30,33). The van der Waals surface area contributed by atoms with Crippen molar-refractivity contribution >= 4 is 5.91 Å². The van der Waals surface area contributed by atoms with Gasteiger partial charge in [-0.2, -0.15) is 5.10 Å². The van der Waals surface area contributed by atoms with Crippen LogP contribution in [0.25, 0.3) is 0 Å². The highest BCUT2D eigenvalue weighted by Crippen LogP contribution is 2.14. The monoisotopic (exact) mass is 439 g/mol. The molecule has 3 N–H and O–H groups in total. The first-order chi connectivity index (χ1) is 16.0. The van der Waals surface area contributed by atoms with Crippen molar-refractivity contribution in [2.75, 3.05) is 0 Å². The second-order valence-electron chi connectivity index (χ2n) is 8.44. The van der Waals surface area contributed by atoms with Crippen molar-refractivity contribution < 1.29 is 4.79 Å². The number of benzene rings is 2. The summed E-state index contributed by atoms with van der Waals surface area (Å²) in [7, 11) is 0. The lowest BCUT2D eigenvalue weighted by molar-refractivity contribution is 0.0950. The molecular weight excluding hydrogens is 410 g/mol. The number of aryl methyl sites for hydroxylation is 2. The molecule has 0 radical (unpaired) electrons. The maximum atomic E-state index is 12.7. The van der Waals surface area contributed by atoms with E-state index in [-0.39, 0.29) is 5.91 Å². The first-order valence-electron chi connectivity index (χ1n) is 11.1. The van der Waals surface area contributed by atoms with Crippen LogP contribution in [0.4, 0.5) is 0 Å². The van der Waals surface area contributed by atoms with E-state index in [0.717, 1.165) is 40.8 Å². The maximum absolute atomic E-state index is 12.7. The van der Waals surface area contributed by atoms with Gasteiger partial charge in [0, 0.05) is 31.7 Å². The fraction of sp³-hybridized carbons (Fsp3) is 0.222. The van der Waals surface area contributed by atoms with E-state index in [1.807, 2.05) is 55.3 Å². The van der Waals surface area contributed by atoms with Crippen LogP contribution in [0.1, 0.15) is 49.3 Å². The summed E-state index contributed by atoms with van der Waals surface area (Å²) in [6.45, 7) is 5.80. The average molecular weight is 440 g/mol. The zero-order chi connectivity index (χ0) is 23.2. The van der Waals surface area contributed by atoms with Gasteiger partial charge in [0.1, 0.15) is 0 Å². The number of carbonyl (C=O) groups is 1. The molecule has 0 aliphatic carbocycles. The number of amides is 1. The van der Waals surface area contributed by atoms with E-state index in [0.29, 0.717) is 18.7 Å². The van der Waals surface area contributed by atoms with E-state index in [1.165, 1.54) is 11.1 Å². The minimum atomic E-state index is -0.128. The van der Waals surface area contributed by atoms with Crippen LogP contribution < -0.4 is 11.1 Å². The molecule has 6 heteroatoms. The van der Waals surface area contributed by atoms with E-state index >= 15 is 0 Å². The molecule has 6 nitrogen and oxygen atoms in total. The number of hydrogen-bond donors (Lipinski definition) is 2. The van der Waals surface area contributed by atoms with Gasteiger partial charge in [0.25, 0.3) is 5.91 Å². The largest absolute Gasteiger partial charge is 0.348 e. The quantitative estimate of drug-likeness (QED) is 0.436. The molecule has 0 unspecified atom stereocenters. The van der Waals surface area contributed by atoms with Gasteiger partial charge in [0.15, 0.2) is 0 Å². The molecule has 4 rings (SSSR count). The molecule has 2 heterocycles. The van der Waals surface area contributed by atoms with Gasteiger partial charge < -0.3 is 11.1 Å². The van der Waals surface area contributed by atoms with Gasteiger partial charge in [0.05, 0.1) is 18.3 Å². The van der Waals surface area contributed by atoms with Crippen molar-refractivity contribution in [3.63, 3.8) is 0 Å². The third kappa shape index (κ3) is 5.93. The molecule has 1 amide bonds. The number of nitrogens with zero attached hydrogens (tertiary/aromatic N) is 3. The third-order valence-corrected chi connectivity index (χ3v) is 5.68. The second kappa shape index (κ2) is 10.2. The highest BCUT2D eigenvalue weighted by Gasteiger charge is 2.09. The summed E-state index contributed by atoms with van der Waals surface area (Å²) in [6.07, 6.45) is 8.04. The predicted molar refractivity (Wildman–Crippen MR) is 130 cm³/mol. The van der Waals surface area contributed by atoms with Crippen LogP contribution in [0.2, 0.25) is 0 Å². The molecule has 168 valence electrons. The van der Waals surface area contributed by atoms with E-state index in [2.05, 4.69) is 45.7 Å². The van der Waals surface area contributed by atoms with Crippen molar-refractivity contribution in [1.82, 2.24) is 20.1 Å². The van der Waals surface area contributed by atoms with E-state index in [1.54, 1.807) is 6.20 Å². The highest BCUT2D eigenvalue weighted by atomic mass is 16.1. The van der Waals surface area contributed by atoms with Crippen molar-refractivity contribution in [2.24, 2.45) is 5.73 Å². The number of carbonyl (C=O) groups excluding carboxylic acids is 1. The number of rotatable bonds is 8. The Hall–Kier alpha value is -3.77. The van der Waals surface area contributed by atoms with Gasteiger partial charge in [-0.1, -0.05) is 42.5 Å². The van der Waals surface area contributed by atoms with Gasteiger partial charge in [-0.05, 0) is 65.3 Å². The van der Waals surface area contributed by atoms with E-state index in [4.69, 9.17) is 5.73 Å². The van der Waals surface area contributed by atoms with E-state index in [9.17, 15) is 4.79 Å². The summed E-state index contributed by atoms with van der Waals surface area (Å²) >= 11 is 0. The molecule has 4 aromatic rings. The van der Waals surface area contributed by atoms with Crippen LogP contribution in [0, 0.1) is 13.8 Å². The Labute approximate surface area is 194 Å². The van der Waals surface area contributed by atoms with Gasteiger partial charge >= 0.3 is 0 Å². The third-order valence-electron chi connectivity index (χ3n) is 5.68. The minimum Gasteiger partial charge on any atom is -0.348 e. The summed E-state index contributed by atoms with van der Waals surface area (Å²) in [5.41, 5.74) is 14.1. The zero-order valence-corrected chi connectivity index (χ0v) is 19.1. The lowest BCUT2D eigenvalue weighted by Gasteiger charge is -2.10. The Balaban J connectivity index is 1.36. The second-order valence-corrected chi connectivity index (χ2v) is 8.44. The molecule has 0 aliphatic rings. The Morgan fingerprint density at radius 2 is 1.70 bits per heavy atom. The Morgan fingerprint density at radius 1 is 0.939 bits per heavy atom. The van der Waals surface area contributed by atoms with Crippen LogP contribution in [0.5, 0.6) is 0 Å². The van der Waals surface area contributed by atoms with Crippen LogP contribution in [-0.4, -0.2) is 20.7 Å². The van der Waals surface area contributed by atoms with Gasteiger partial charge in [0.2, 0.25) is 0 Å². The fourth-order valence-corrected chi connectivity index (χ4v) is 3.81.